The lowest BCUT2D eigenvalue weighted by Gasteiger charge is -2.36. The van der Waals surface area contributed by atoms with Gasteiger partial charge < -0.3 is 20.1 Å². The number of nitrogens with zero attached hydrogens (tertiary/aromatic N) is 2. The second kappa shape index (κ2) is 9.24. The fraction of sp³-hybridized carbons (Fsp3) is 0.238. The number of carbonyl (C=O) groups is 4. The number of rotatable bonds is 7. The molecule has 162 valence electrons. The maximum absolute atomic E-state index is 12.9. The molecule has 31 heavy (non-hydrogen) atoms. The van der Waals surface area contributed by atoms with Gasteiger partial charge in [0.15, 0.2) is 12.4 Å². The molecule has 3 rings (SSSR count). The van der Waals surface area contributed by atoms with E-state index in [-0.39, 0.29) is 0 Å². The fourth-order valence-corrected chi connectivity index (χ4v) is 3.27. The van der Waals surface area contributed by atoms with Gasteiger partial charge in [-0.1, -0.05) is 24.3 Å². The average molecular weight is 429 g/mol. The van der Waals surface area contributed by atoms with E-state index in [1.54, 1.807) is 24.3 Å². The Morgan fingerprint density at radius 1 is 1.00 bits per heavy atom. The van der Waals surface area contributed by atoms with Crippen LogP contribution in [0.2, 0.25) is 0 Å². The molecule has 2 aromatic carbocycles. The lowest BCUT2D eigenvalue weighted by atomic mass is 10.1. The van der Waals surface area contributed by atoms with Gasteiger partial charge in [-0.2, -0.15) is 0 Å². The Labute approximate surface area is 177 Å². The Hall–Kier alpha value is -3.95. The zero-order valence-electron chi connectivity index (χ0n) is 16.6. The number of anilines is 4. The van der Waals surface area contributed by atoms with E-state index < -0.39 is 49.5 Å². The molecular weight excluding hydrogens is 409 g/mol. The number of ketones is 1. The van der Waals surface area contributed by atoms with Crippen LogP contribution in [0.4, 0.5) is 31.9 Å². The van der Waals surface area contributed by atoms with Gasteiger partial charge in [-0.25, -0.2) is 14.1 Å². The van der Waals surface area contributed by atoms with Crippen molar-refractivity contribution in [1.82, 2.24) is 5.32 Å². The first-order valence-electron chi connectivity index (χ1n) is 9.32. The summed E-state index contributed by atoms with van der Waals surface area (Å²) in [6.07, 6.45) is -1.61. The number of aliphatic carboxylic acids is 1. The van der Waals surface area contributed by atoms with Crippen LogP contribution >= 0.6 is 0 Å². The first-order valence-corrected chi connectivity index (χ1v) is 9.32. The highest BCUT2D eigenvalue weighted by Gasteiger charge is 2.32. The number of Topliss-reactive ketones (excluding diaryl/α,β-unsaturated/α-hetero) is 1. The van der Waals surface area contributed by atoms with E-state index in [0.717, 1.165) is 11.4 Å². The highest BCUT2D eigenvalue weighted by molar-refractivity contribution is 6.07. The maximum Gasteiger partial charge on any atom is 0.419 e. The summed E-state index contributed by atoms with van der Waals surface area (Å²) in [4.78, 5) is 50.5. The van der Waals surface area contributed by atoms with E-state index in [1.165, 1.54) is 4.90 Å². The minimum atomic E-state index is -1.54. The Bertz CT molecular complexity index is 980. The van der Waals surface area contributed by atoms with Crippen LogP contribution in [0.1, 0.15) is 6.42 Å². The molecule has 1 atom stereocenters. The van der Waals surface area contributed by atoms with E-state index >= 15 is 0 Å². The third kappa shape index (κ3) is 4.63. The average Bonchev–Trinajstić information content (AvgIpc) is 2.76. The van der Waals surface area contributed by atoms with Gasteiger partial charge in [0, 0.05) is 7.05 Å². The zero-order chi connectivity index (χ0) is 22.5. The monoisotopic (exact) mass is 429 g/mol. The quantitative estimate of drug-likeness (QED) is 0.695. The summed E-state index contributed by atoms with van der Waals surface area (Å²) >= 11 is 0. The number of carboxylic acid groups (broad SMARTS) is 1. The summed E-state index contributed by atoms with van der Waals surface area (Å²) in [5, 5.41) is 10.9. The molecule has 0 fully saturated rings. The Balaban J connectivity index is 1.75. The number of fused-ring (bicyclic) bond motifs is 2. The fourth-order valence-electron chi connectivity index (χ4n) is 3.27. The molecule has 0 spiro atoms. The van der Waals surface area contributed by atoms with Crippen molar-refractivity contribution in [3.63, 3.8) is 0 Å². The van der Waals surface area contributed by atoms with Gasteiger partial charge in [0.2, 0.25) is 0 Å². The number of benzene rings is 2. The molecule has 1 unspecified atom stereocenters. The summed E-state index contributed by atoms with van der Waals surface area (Å²) < 4.78 is 17.7. The molecule has 1 aliphatic rings. The van der Waals surface area contributed by atoms with E-state index in [1.807, 2.05) is 36.2 Å². The number of hydrogen-bond acceptors (Lipinski definition) is 6. The predicted molar refractivity (Wildman–Crippen MR) is 110 cm³/mol. The molecule has 9 nitrogen and oxygen atoms in total. The van der Waals surface area contributed by atoms with Crippen LogP contribution in [0.25, 0.3) is 0 Å². The molecule has 10 heteroatoms. The van der Waals surface area contributed by atoms with Crippen LogP contribution in [-0.4, -0.2) is 55.2 Å². The molecule has 2 aromatic rings. The van der Waals surface area contributed by atoms with Gasteiger partial charge in [0.25, 0.3) is 5.91 Å². The second-order valence-corrected chi connectivity index (χ2v) is 6.74. The molecule has 0 saturated carbocycles. The summed E-state index contributed by atoms with van der Waals surface area (Å²) in [6.45, 7) is -2.20. The minimum absolute atomic E-state index is 0.547. The normalized spacial score (nSPS) is 13.0. The number of amides is 2. The summed E-state index contributed by atoms with van der Waals surface area (Å²) in [5.41, 5.74) is 2.59. The van der Waals surface area contributed by atoms with Crippen molar-refractivity contribution in [2.75, 3.05) is 30.1 Å². The van der Waals surface area contributed by atoms with Crippen LogP contribution < -0.4 is 15.1 Å². The third-order valence-electron chi connectivity index (χ3n) is 4.71. The molecule has 2 amide bonds. The van der Waals surface area contributed by atoms with Crippen molar-refractivity contribution in [2.24, 2.45) is 0 Å². The van der Waals surface area contributed by atoms with Crippen LogP contribution in [0.3, 0.4) is 0 Å². The topological polar surface area (TPSA) is 116 Å². The standard InChI is InChI=1S/C21H20FN3O6/c1-24-14-6-2-4-8-16(14)25(17-9-5-3-7-15(17)24)21(30)31-12-19(27)23-13(10-20(28)29)18(26)11-22/h2-9,13H,10-12H2,1H3,(H,23,27)(H,28,29). The number of carbonyl (C=O) groups excluding carboxylic acids is 3. The minimum Gasteiger partial charge on any atom is -0.481 e. The predicted octanol–water partition coefficient (Wildman–Crippen LogP) is 2.54. The van der Waals surface area contributed by atoms with E-state index in [4.69, 9.17) is 9.84 Å². The van der Waals surface area contributed by atoms with Crippen molar-refractivity contribution in [1.29, 1.82) is 0 Å². The molecule has 1 aliphatic heterocycles. The lowest BCUT2D eigenvalue weighted by molar-refractivity contribution is -0.140. The smallest absolute Gasteiger partial charge is 0.419 e. The van der Waals surface area contributed by atoms with Crippen LogP contribution in [0.5, 0.6) is 0 Å². The highest BCUT2D eigenvalue weighted by atomic mass is 19.1. The molecule has 0 radical (unpaired) electrons. The van der Waals surface area contributed by atoms with Gasteiger partial charge in [-0.3, -0.25) is 14.4 Å². The SMILES string of the molecule is CN1c2ccccc2N(C(=O)OCC(=O)NC(CC(=O)O)C(=O)CF)c2ccccc21. The Morgan fingerprint density at radius 2 is 1.52 bits per heavy atom. The van der Waals surface area contributed by atoms with Gasteiger partial charge in [0.1, 0.15) is 12.7 Å². The van der Waals surface area contributed by atoms with E-state index in [2.05, 4.69) is 5.32 Å². The van der Waals surface area contributed by atoms with E-state index in [0.29, 0.717) is 11.4 Å². The molecular formula is C21H20FN3O6. The molecule has 0 saturated heterocycles. The van der Waals surface area contributed by atoms with Crippen molar-refractivity contribution >= 4 is 46.5 Å². The van der Waals surface area contributed by atoms with Gasteiger partial charge >= 0.3 is 12.1 Å². The first kappa shape index (κ1) is 21.8. The number of alkyl halides is 1. The van der Waals surface area contributed by atoms with Gasteiger partial charge in [-0.05, 0) is 24.3 Å². The highest BCUT2D eigenvalue weighted by Crippen LogP contribution is 2.46. The molecule has 1 heterocycles. The largest absolute Gasteiger partial charge is 0.481 e. The number of halogens is 1. The summed E-state index contributed by atoms with van der Waals surface area (Å²) in [7, 11) is 1.86. The maximum atomic E-state index is 12.9. The summed E-state index contributed by atoms with van der Waals surface area (Å²) in [5.74, 6) is -3.38. The van der Waals surface area contributed by atoms with Crippen molar-refractivity contribution in [3.05, 3.63) is 48.5 Å². The molecule has 0 aliphatic carbocycles. The summed E-state index contributed by atoms with van der Waals surface area (Å²) in [6, 6.07) is 12.7. The lowest BCUT2D eigenvalue weighted by Crippen LogP contribution is -2.45. The first-order chi connectivity index (χ1) is 14.8. The van der Waals surface area contributed by atoms with Crippen LogP contribution in [0.15, 0.2) is 48.5 Å². The van der Waals surface area contributed by atoms with Crippen LogP contribution in [0, 0.1) is 0 Å². The number of carboxylic acids is 1. The van der Waals surface area contributed by atoms with Crippen molar-refractivity contribution in [2.45, 2.75) is 12.5 Å². The molecule has 0 aromatic heterocycles. The van der Waals surface area contributed by atoms with Crippen molar-refractivity contribution in [3.8, 4) is 0 Å². The van der Waals surface area contributed by atoms with E-state index in [9.17, 15) is 23.6 Å². The zero-order valence-corrected chi connectivity index (χ0v) is 16.6. The number of ether oxygens (including phenoxy) is 1. The number of para-hydroxylation sites is 4. The molecule has 0 bridgehead atoms. The van der Waals surface area contributed by atoms with Crippen molar-refractivity contribution < 1.29 is 33.4 Å². The third-order valence-corrected chi connectivity index (χ3v) is 4.71. The Morgan fingerprint density at radius 3 is 2.00 bits per heavy atom. The van der Waals surface area contributed by atoms with Crippen LogP contribution in [-0.2, 0) is 19.1 Å². The second-order valence-electron chi connectivity index (χ2n) is 6.74. The Kier molecular flexibility index (Phi) is 6.49. The van der Waals surface area contributed by atoms with Gasteiger partial charge in [0.05, 0.1) is 29.2 Å². The van der Waals surface area contributed by atoms with Gasteiger partial charge in [-0.15, -0.1) is 0 Å². The number of hydrogen-bond donors (Lipinski definition) is 2. The number of nitrogens with one attached hydrogen (secondary N) is 1. The molecule has 2 N–H and O–H groups in total.